The van der Waals surface area contributed by atoms with Crippen LogP contribution in [-0.2, 0) is 0 Å². The van der Waals surface area contributed by atoms with Gasteiger partial charge in [-0.05, 0) is 43.9 Å². The van der Waals surface area contributed by atoms with Crippen LogP contribution in [0.3, 0.4) is 0 Å². The molecule has 0 aromatic heterocycles. The maximum atomic E-state index is 4.37. The van der Waals surface area contributed by atoms with Crippen molar-refractivity contribution in [3.05, 3.63) is 30.3 Å². The quantitative estimate of drug-likeness (QED) is 0.452. The predicted molar refractivity (Wildman–Crippen MR) is 104 cm³/mol. The Bertz CT molecular complexity index is 529. The molecule has 2 atom stereocenters. The van der Waals surface area contributed by atoms with E-state index < -0.39 is 0 Å². The molecule has 1 aliphatic heterocycles. The summed E-state index contributed by atoms with van der Waals surface area (Å²) in [6.45, 7) is 6.74. The molecule has 0 amide bonds. The van der Waals surface area contributed by atoms with Gasteiger partial charge in [0.05, 0.1) is 0 Å². The molecule has 0 bridgehead atoms. The molecule has 1 heterocycles. The van der Waals surface area contributed by atoms with Gasteiger partial charge in [-0.15, -0.1) is 11.8 Å². The molecule has 0 spiro atoms. The molecule has 2 N–H and O–H groups in total. The topological polar surface area (TPSA) is 39.7 Å². The standard InChI is InChI=1S/C19H30N4S/c1-15(24-18-6-4-3-5-7-18)12-21-19(20-2)22-13-16-10-11-23(14-16)17-8-9-17/h3-7,15-17H,8-14H2,1-2H3,(H2,20,21,22). The first-order valence-electron chi connectivity index (χ1n) is 9.15. The number of likely N-dealkylation sites (tertiary alicyclic amines) is 1. The maximum absolute atomic E-state index is 4.37. The van der Waals surface area contributed by atoms with Crippen LogP contribution >= 0.6 is 11.8 Å². The lowest BCUT2D eigenvalue weighted by atomic mass is 10.1. The van der Waals surface area contributed by atoms with Crippen molar-refractivity contribution in [2.75, 3.05) is 33.2 Å². The summed E-state index contributed by atoms with van der Waals surface area (Å²) < 4.78 is 0. The number of thioether (sulfide) groups is 1. The van der Waals surface area contributed by atoms with Gasteiger partial charge in [0.15, 0.2) is 5.96 Å². The minimum Gasteiger partial charge on any atom is -0.356 e. The zero-order chi connectivity index (χ0) is 16.8. The highest BCUT2D eigenvalue weighted by Crippen LogP contribution is 2.31. The van der Waals surface area contributed by atoms with Crippen LogP contribution in [0.1, 0.15) is 26.2 Å². The van der Waals surface area contributed by atoms with Gasteiger partial charge in [0.25, 0.3) is 0 Å². The first-order chi connectivity index (χ1) is 11.7. The van der Waals surface area contributed by atoms with Gasteiger partial charge in [0.1, 0.15) is 0 Å². The highest BCUT2D eigenvalue weighted by atomic mass is 32.2. The van der Waals surface area contributed by atoms with Crippen molar-refractivity contribution in [1.82, 2.24) is 15.5 Å². The van der Waals surface area contributed by atoms with Gasteiger partial charge >= 0.3 is 0 Å². The van der Waals surface area contributed by atoms with Gasteiger partial charge < -0.3 is 15.5 Å². The highest BCUT2D eigenvalue weighted by Gasteiger charge is 2.34. The minimum absolute atomic E-state index is 0.503. The number of nitrogens with one attached hydrogen (secondary N) is 2. The van der Waals surface area contributed by atoms with E-state index in [0.29, 0.717) is 5.25 Å². The number of hydrogen-bond acceptors (Lipinski definition) is 3. The molecule has 2 fully saturated rings. The number of hydrogen-bond donors (Lipinski definition) is 2. The molecule has 24 heavy (non-hydrogen) atoms. The van der Waals surface area contributed by atoms with Crippen LogP contribution in [0, 0.1) is 5.92 Å². The fraction of sp³-hybridized carbons (Fsp3) is 0.632. The number of benzene rings is 1. The Balaban J connectivity index is 1.34. The Morgan fingerprint density at radius 1 is 1.25 bits per heavy atom. The number of guanidine groups is 1. The molecule has 1 aromatic rings. The van der Waals surface area contributed by atoms with Crippen LogP contribution in [-0.4, -0.2) is 55.4 Å². The zero-order valence-corrected chi connectivity index (χ0v) is 15.7. The van der Waals surface area contributed by atoms with Crippen LogP contribution in [0.5, 0.6) is 0 Å². The molecule has 1 saturated carbocycles. The molecular weight excluding hydrogens is 316 g/mol. The smallest absolute Gasteiger partial charge is 0.191 e. The Kier molecular flexibility index (Phi) is 6.44. The van der Waals surface area contributed by atoms with E-state index in [-0.39, 0.29) is 0 Å². The van der Waals surface area contributed by atoms with Crippen LogP contribution in [0.2, 0.25) is 0 Å². The molecule has 2 unspecified atom stereocenters. The van der Waals surface area contributed by atoms with Crippen molar-refractivity contribution < 1.29 is 0 Å². The van der Waals surface area contributed by atoms with E-state index in [1.54, 1.807) is 0 Å². The molecule has 2 aliphatic rings. The second kappa shape index (κ2) is 8.77. The van der Waals surface area contributed by atoms with Crippen LogP contribution in [0.15, 0.2) is 40.2 Å². The van der Waals surface area contributed by atoms with E-state index in [1.165, 1.54) is 37.2 Å². The van der Waals surface area contributed by atoms with Gasteiger partial charge in [-0.25, -0.2) is 0 Å². The minimum atomic E-state index is 0.503. The summed E-state index contributed by atoms with van der Waals surface area (Å²) in [5, 5.41) is 7.48. The lowest BCUT2D eigenvalue weighted by Crippen LogP contribution is -2.42. The van der Waals surface area contributed by atoms with Crippen LogP contribution < -0.4 is 10.6 Å². The SMILES string of the molecule is CN=C(NCC1CCN(C2CC2)C1)NCC(C)Sc1ccccc1. The lowest BCUT2D eigenvalue weighted by Gasteiger charge is -2.18. The summed E-state index contributed by atoms with van der Waals surface area (Å²) in [4.78, 5) is 8.35. The average molecular weight is 347 g/mol. The highest BCUT2D eigenvalue weighted by molar-refractivity contribution is 8.00. The summed E-state index contributed by atoms with van der Waals surface area (Å²) >= 11 is 1.90. The molecule has 3 rings (SSSR count). The van der Waals surface area contributed by atoms with Crippen LogP contribution in [0.4, 0.5) is 0 Å². The summed E-state index contributed by atoms with van der Waals surface area (Å²) in [6.07, 6.45) is 4.15. The summed E-state index contributed by atoms with van der Waals surface area (Å²) in [5.41, 5.74) is 0. The van der Waals surface area contributed by atoms with E-state index in [2.05, 4.69) is 57.8 Å². The first kappa shape index (κ1) is 17.6. The van der Waals surface area contributed by atoms with Gasteiger partial charge in [-0.1, -0.05) is 25.1 Å². The first-order valence-corrected chi connectivity index (χ1v) is 10.0. The van der Waals surface area contributed by atoms with Crippen molar-refractivity contribution >= 4 is 17.7 Å². The lowest BCUT2D eigenvalue weighted by molar-refractivity contribution is 0.314. The second-order valence-electron chi connectivity index (χ2n) is 6.96. The van der Waals surface area contributed by atoms with Gasteiger partial charge in [-0.2, -0.15) is 0 Å². The summed E-state index contributed by atoms with van der Waals surface area (Å²) in [6, 6.07) is 11.5. The molecule has 1 aromatic carbocycles. The third-order valence-corrected chi connectivity index (χ3v) is 5.91. The van der Waals surface area contributed by atoms with Crippen molar-refractivity contribution in [1.29, 1.82) is 0 Å². The molecule has 1 aliphatic carbocycles. The van der Waals surface area contributed by atoms with Gasteiger partial charge in [0, 0.05) is 42.9 Å². The van der Waals surface area contributed by atoms with E-state index >= 15 is 0 Å². The van der Waals surface area contributed by atoms with Crippen molar-refractivity contribution in [3.8, 4) is 0 Å². The van der Waals surface area contributed by atoms with Gasteiger partial charge in [-0.3, -0.25) is 4.99 Å². The number of rotatable bonds is 7. The normalized spacial score (nSPS) is 23.2. The zero-order valence-electron chi connectivity index (χ0n) is 14.9. The fourth-order valence-electron chi connectivity index (χ4n) is 3.28. The van der Waals surface area contributed by atoms with E-state index in [0.717, 1.165) is 31.0 Å². The van der Waals surface area contributed by atoms with Crippen LogP contribution in [0.25, 0.3) is 0 Å². The molecule has 0 radical (unpaired) electrons. The van der Waals surface area contributed by atoms with Crippen molar-refractivity contribution in [2.24, 2.45) is 10.9 Å². The van der Waals surface area contributed by atoms with Gasteiger partial charge in [0.2, 0.25) is 0 Å². The average Bonchev–Trinajstić information content (AvgIpc) is 3.35. The second-order valence-corrected chi connectivity index (χ2v) is 8.47. The monoisotopic (exact) mass is 346 g/mol. The molecular formula is C19H30N4S. The maximum Gasteiger partial charge on any atom is 0.191 e. The van der Waals surface area contributed by atoms with E-state index in [1.807, 2.05) is 18.8 Å². The largest absolute Gasteiger partial charge is 0.356 e. The van der Waals surface area contributed by atoms with E-state index in [4.69, 9.17) is 0 Å². The summed E-state index contributed by atoms with van der Waals surface area (Å²) in [5.74, 6) is 1.70. The molecule has 1 saturated heterocycles. The summed E-state index contributed by atoms with van der Waals surface area (Å²) in [7, 11) is 1.86. The third-order valence-electron chi connectivity index (χ3n) is 4.80. The van der Waals surface area contributed by atoms with E-state index in [9.17, 15) is 0 Å². The number of aliphatic imine (C=N–C) groups is 1. The Hall–Kier alpha value is -1.20. The Morgan fingerprint density at radius 2 is 2.04 bits per heavy atom. The predicted octanol–water partition coefficient (Wildman–Crippen LogP) is 2.82. The number of nitrogens with zero attached hydrogens (tertiary/aromatic N) is 2. The fourth-order valence-corrected chi connectivity index (χ4v) is 4.22. The van der Waals surface area contributed by atoms with Crippen molar-refractivity contribution in [3.63, 3.8) is 0 Å². The van der Waals surface area contributed by atoms with Crippen molar-refractivity contribution in [2.45, 2.75) is 42.4 Å². The Labute approximate surface area is 150 Å². The molecule has 4 nitrogen and oxygen atoms in total. The Morgan fingerprint density at radius 3 is 2.75 bits per heavy atom. The third kappa shape index (κ3) is 5.42. The molecule has 132 valence electrons. The molecule has 5 heteroatoms.